The van der Waals surface area contributed by atoms with Crippen LogP contribution in [-0.4, -0.2) is 15.7 Å². The minimum atomic E-state index is -4.56. The Labute approximate surface area is 94.7 Å². The van der Waals surface area contributed by atoms with Crippen molar-refractivity contribution >= 4 is 23.3 Å². The Kier molecular flexibility index (Phi) is 3.64. The fraction of sp³-hybridized carbons (Fsp3) is 0.222. The highest BCUT2D eigenvalue weighted by Gasteiger charge is 2.34. The van der Waals surface area contributed by atoms with Crippen LogP contribution < -0.4 is 0 Å². The molecule has 1 heterocycles. The summed E-state index contributed by atoms with van der Waals surface area (Å²) in [6.45, 7) is 5.05. The van der Waals surface area contributed by atoms with Gasteiger partial charge in [0.15, 0.2) is 0 Å². The van der Waals surface area contributed by atoms with Crippen LogP contribution in [0.15, 0.2) is 23.8 Å². The lowest BCUT2D eigenvalue weighted by atomic mass is 10.3. The van der Waals surface area contributed by atoms with E-state index >= 15 is 0 Å². The number of aliphatic imine (C=N–C) groups is 1. The average Bonchev–Trinajstić information content (AvgIpc) is 2.15. The van der Waals surface area contributed by atoms with Gasteiger partial charge in [-0.25, -0.2) is 9.98 Å². The molecule has 0 saturated heterocycles. The molecule has 3 nitrogen and oxygen atoms in total. The first-order chi connectivity index (χ1) is 7.34. The van der Waals surface area contributed by atoms with E-state index in [1.54, 1.807) is 6.92 Å². The molecule has 0 N–H and O–H groups in total. The number of halogens is 4. The second-order valence-corrected chi connectivity index (χ2v) is 3.19. The van der Waals surface area contributed by atoms with Crippen molar-refractivity contribution in [2.75, 3.05) is 0 Å². The Bertz CT molecular complexity index is 440. The maximum Gasteiger partial charge on any atom is 0.420 e. The molecule has 0 radical (unpaired) electrons. The van der Waals surface area contributed by atoms with Gasteiger partial charge in [0.2, 0.25) is 0 Å². The van der Waals surface area contributed by atoms with Gasteiger partial charge in [-0.15, -0.1) is 0 Å². The molecule has 16 heavy (non-hydrogen) atoms. The highest BCUT2D eigenvalue weighted by Crippen LogP contribution is 2.33. The van der Waals surface area contributed by atoms with Crippen LogP contribution in [-0.2, 0) is 6.18 Å². The predicted molar refractivity (Wildman–Crippen MR) is 55.0 cm³/mol. The van der Waals surface area contributed by atoms with Crippen molar-refractivity contribution in [2.45, 2.75) is 13.1 Å². The summed E-state index contributed by atoms with van der Waals surface area (Å²) in [6, 6.07) is 0. The molecule has 0 bridgehead atoms. The second kappa shape index (κ2) is 4.61. The second-order valence-electron chi connectivity index (χ2n) is 2.83. The maximum absolute atomic E-state index is 12.3. The number of hydrogen-bond acceptors (Lipinski definition) is 3. The minimum Gasteiger partial charge on any atom is -0.219 e. The van der Waals surface area contributed by atoms with Crippen LogP contribution in [0, 0.1) is 0 Å². The van der Waals surface area contributed by atoms with Gasteiger partial charge in [0.1, 0.15) is 10.7 Å². The van der Waals surface area contributed by atoms with E-state index in [1.807, 2.05) is 0 Å². The first kappa shape index (κ1) is 12.6. The molecule has 0 fully saturated rings. The molecular formula is C9H7ClF3N3. The van der Waals surface area contributed by atoms with Crippen LogP contribution in [0.1, 0.15) is 12.5 Å². The molecule has 0 saturated carbocycles. The summed E-state index contributed by atoms with van der Waals surface area (Å²) in [5.74, 6) is -0.129. The van der Waals surface area contributed by atoms with E-state index in [2.05, 4.69) is 21.5 Å². The number of aromatic nitrogens is 2. The number of hydrogen-bond donors (Lipinski definition) is 0. The van der Waals surface area contributed by atoms with Crippen molar-refractivity contribution in [1.82, 2.24) is 9.97 Å². The van der Waals surface area contributed by atoms with Crippen molar-refractivity contribution in [3.05, 3.63) is 29.6 Å². The van der Waals surface area contributed by atoms with Crippen LogP contribution in [0.4, 0.5) is 19.1 Å². The standard InChI is InChI=1S/C9H7ClF3N3/c1-3-5(2)15-8-14-4-6(7(10)16-8)9(11,12)13/h3-4H,1H2,2H3. The number of alkyl halides is 3. The molecule has 1 rings (SSSR count). The zero-order valence-electron chi connectivity index (χ0n) is 8.22. The zero-order chi connectivity index (χ0) is 12.3. The maximum atomic E-state index is 12.3. The van der Waals surface area contributed by atoms with Crippen molar-refractivity contribution in [2.24, 2.45) is 4.99 Å². The molecule has 1 aromatic heterocycles. The quantitative estimate of drug-likeness (QED) is 0.595. The SMILES string of the molecule is C=CC(C)=Nc1ncc(C(F)(F)F)c(Cl)n1. The van der Waals surface area contributed by atoms with Gasteiger partial charge in [-0.05, 0) is 13.0 Å². The van der Waals surface area contributed by atoms with Crippen LogP contribution >= 0.6 is 11.6 Å². The third-order valence-electron chi connectivity index (χ3n) is 1.61. The van der Waals surface area contributed by atoms with E-state index in [-0.39, 0.29) is 5.95 Å². The van der Waals surface area contributed by atoms with Crippen molar-refractivity contribution in [1.29, 1.82) is 0 Å². The van der Waals surface area contributed by atoms with E-state index < -0.39 is 16.9 Å². The van der Waals surface area contributed by atoms with Crippen molar-refractivity contribution < 1.29 is 13.2 Å². The summed E-state index contributed by atoms with van der Waals surface area (Å²) in [5, 5.41) is -0.668. The van der Waals surface area contributed by atoms with Crippen LogP contribution in [0.25, 0.3) is 0 Å². The Hall–Kier alpha value is -1.43. The van der Waals surface area contributed by atoms with Gasteiger partial charge in [0, 0.05) is 11.9 Å². The molecule has 0 aliphatic rings. The average molecular weight is 250 g/mol. The lowest BCUT2D eigenvalue weighted by Gasteiger charge is -2.07. The molecule has 0 aliphatic carbocycles. The highest BCUT2D eigenvalue weighted by atomic mass is 35.5. The first-order valence-electron chi connectivity index (χ1n) is 4.12. The van der Waals surface area contributed by atoms with E-state index in [9.17, 15) is 13.2 Å². The Balaban J connectivity index is 3.14. The van der Waals surface area contributed by atoms with E-state index in [4.69, 9.17) is 11.6 Å². The smallest absolute Gasteiger partial charge is 0.219 e. The van der Waals surface area contributed by atoms with Gasteiger partial charge in [-0.1, -0.05) is 18.2 Å². The molecule has 1 aromatic rings. The molecule has 86 valence electrons. The normalized spacial score (nSPS) is 12.7. The van der Waals surface area contributed by atoms with Gasteiger partial charge in [0.25, 0.3) is 5.95 Å². The predicted octanol–water partition coefficient (Wildman–Crippen LogP) is 3.43. The van der Waals surface area contributed by atoms with Crippen LogP contribution in [0.2, 0.25) is 5.15 Å². The molecule has 7 heteroatoms. The fourth-order valence-electron chi connectivity index (χ4n) is 0.800. The first-order valence-corrected chi connectivity index (χ1v) is 4.50. The summed E-state index contributed by atoms with van der Waals surface area (Å²) < 4.78 is 36.9. The van der Waals surface area contributed by atoms with Gasteiger partial charge < -0.3 is 0 Å². The van der Waals surface area contributed by atoms with Crippen molar-refractivity contribution in [3.8, 4) is 0 Å². The van der Waals surface area contributed by atoms with Crippen molar-refractivity contribution in [3.63, 3.8) is 0 Å². The topological polar surface area (TPSA) is 38.1 Å². The summed E-state index contributed by atoms with van der Waals surface area (Å²) >= 11 is 5.37. The summed E-state index contributed by atoms with van der Waals surface area (Å²) in [5.41, 5.74) is -0.597. The van der Waals surface area contributed by atoms with E-state index in [0.717, 1.165) is 0 Å². The minimum absolute atomic E-state index is 0.129. The fourth-order valence-corrected chi connectivity index (χ4v) is 1.03. The van der Waals surface area contributed by atoms with Gasteiger partial charge in [0.05, 0.1) is 0 Å². The van der Waals surface area contributed by atoms with Crippen LogP contribution in [0.3, 0.4) is 0 Å². The molecule has 0 aliphatic heterocycles. The Morgan fingerprint density at radius 3 is 2.62 bits per heavy atom. The largest absolute Gasteiger partial charge is 0.420 e. The van der Waals surface area contributed by atoms with Gasteiger partial charge >= 0.3 is 6.18 Å². The van der Waals surface area contributed by atoms with Crippen LogP contribution in [0.5, 0.6) is 0 Å². The number of allylic oxidation sites excluding steroid dienone is 1. The molecular weight excluding hydrogens is 243 g/mol. The molecule has 0 amide bonds. The van der Waals surface area contributed by atoms with Gasteiger partial charge in [-0.2, -0.15) is 18.2 Å². The van der Waals surface area contributed by atoms with E-state index in [1.165, 1.54) is 6.08 Å². The van der Waals surface area contributed by atoms with E-state index in [0.29, 0.717) is 11.9 Å². The molecule has 0 aromatic carbocycles. The Morgan fingerprint density at radius 1 is 1.56 bits per heavy atom. The number of nitrogens with zero attached hydrogens (tertiary/aromatic N) is 3. The zero-order valence-corrected chi connectivity index (χ0v) is 8.97. The van der Waals surface area contributed by atoms with Gasteiger partial charge in [-0.3, -0.25) is 0 Å². The summed E-state index contributed by atoms with van der Waals surface area (Å²) in [7, 11) is 0. The monoisotopic (exact) mass is 249 g/mol. The Morgan fingerprint density at radius 2 is 2.19 bits per heavy atom. The third kappa shape index (κ3) is 3.03. The molecule has 0 atom stereocenters. The summed E-state index contributed by atoms with van der Waals surface area (Å²) in [4.78, 5) is 10.7. The highest BCUT2D eigenvalue weighted by molar-refractivity contribution is 6.30. The lowest BCUT2D eigenvalue weighted by molar-refractivity contribution is -0.137. The lowest BCUT2D eigenvalue weighted by Crippen LogP contribution is -2.07. The molecule has 0 spiro atoms. The number of rotatable bonds is 2. The molecule has 0 unspecified atom stereocenters. The summed E-state index contributed by atoms with van der Waals surface area (Å²) in [6.07, 6.45) is -2.54. The third-order valence-corrected chi connectivity index (χ3v) is 1.89.